The lowest BCUT2D eigenvalue weighted by Gasteiger charge is -2.18. The van der Waals surface area contributed by atoms with Crippen molar-refractivity contribution in [2.45, 2.75) is 19.4 Å². The molecule has 5 rings (SSSR count). The Kier molecular flexibility index (Phi) is 7.11. The van der Waals surface area contributed by atoms with Gasteiger partial charge in [-0.1, -0.05) is 12.2 Å². The zero-order chi connectivity index (χ0) is 22.1. The summed E-state index contributed by atoms with van der Waals surface area (Å²) in [6, 6.07) is 5.77. The topological polar surface area (TPSA) is 105 Å². The average molecular weight is 561 g/mol. The molecule has 3 heterocycles. The lowest BCUT2D eigenvalue weighted by atomic mass is 9.85. The van der Waals surface area contributed by atoms with E-state index in [1.807, 2.05) is 24.4 Å². The number of rotatable bonds is 7. The number of carbonyl (C=O) groups is 2. The van der Waals surface area contributed by atoms with Crippen LogP contribution < -0.4 is 10.6 Å². The number of pyridine rings is 1. The molecule has 1 saturated heterocycles. The van der Waals surface area contributed by atoms with E-state index in [1.165, 1.54) is 4.90 Å². The molecular formula is C23H28IN7O2. The van der Waals surface area contributed by atoms with Gasteiger partial charge in [-0.25, -0.2) is 9.67 Å². The van der Waals surface area contributed by atoms with Gasteiger partial charge in [0.05, 0.1) is 11.8 Å². The van der Waals surface area contributed by atoms with Crippen LogP contribution in [-0.2, 0) is 16.1 Å². The van der Waals surface area contributed by atoms with Crippen LogP contribution in [0.2, 0.25) is 0 Å². The average Bonchev–Trinajstić information content (AvgIpc) is 3.60. The van der Waals surface area contributed by atoms with Crippen LogP contribution in [0.3, 0.4) is 0 Å². The number of halogens is 1. The van der Waals surface area contributed by atoms with Gasteiger partial charge in [0.15, 0.2) is 11.8 Å². The van der Waals surface area contributed by atoms with Crippen LogP contribution in [-0.4, -0.2) is 57.6 Å². The highest BCUT2D eigenvalue weighted by molar-refractivity contribution is 14.0. The molecular weight excluding hydrogens is 533 g/mol. The molecule has 1 saturated carbocycles. The Labute approximate surface area is 209 Å². The summed E-state index contributed by atoms with van der Waals surface area (Å²) in [6.45, 7) is 1.65. The molecule has 0 spiro atoms. The molecule has 3 aliphatic rings. The fourth-order valence-corrected chi connectivity index (χ4v) is 5.13. The van der Waals surface area contributed by atoms with Gasteiger partial charge in [-0.05, 0) is 48.4 Å². The monoisotopic (exact) mass is 561 g/mol. The van der Waals surface area contributed by atoms with Crippen molar-refractivity contribution >= 4 is 41.8 Å². The highest BCUT2D eigenvalue weighted by Gasteiger charge is 2.58. The molecule has 10 heteroatoms. The Morgan fingerprint density at radius 3 is 2.58 bits per heavy atom. The van der Waals surface area contributed by atoms with Gasteiger partial charge in [0, 0.05) is 45.3 Å². The Morgan fingerprint density at radius 2 is 1.91 bits per heavy atom. The molecule has 2 amide bonds. The molecule has 2 fully saturated rings. The SMILES string of the molecule is CN=C(NCCCN1C(=O)C2C3C=CC(C3)C2C1=O)NCc1ccnc(-n2cccn2)c1.I. The standard InChI is InChI=1S/C23H27N7O2.HI/c1-24-23(27-14-15-6-9-25-18(12-15)30-11-3-8-28-30)26-7-2-10-29-21(31)19-16-4-5-17(13-16)20(19)22(29)32;/h3-6,8-9,11-12,16-17,19-20H,2,7,10,13-14H2,1H3,(H2,24,26,27);1H. The molecule has 0 radical (unpaired) electrons. The second kappa shape index (κ2) is 10.0. The van der Waals surface area contributed by atoms with E-state index in [-0.39, 0.29) is 59.5 Å². The highest BCUT2D eigenvalue weighted by Crippen LogP contribution is 2.52. The van der Waals surface area contributed by atoms with Crippen molar-refractivity contribution < 1.29 is 9.59 Å². The molecule has 2 aliphatic carbocycles. The van der Waals surface area contributed by atoms with Crippen molar-refractivity contribution in [3.8, 4) is 5.82 Å². The molecule has 2 aromatic rings. The van der Waals surface area contributed by atoms with E-state index in [0.29, 0.717) is 32.0 Å². The van der Waals surface area contributed by atoms with Gasteiger partial charge in [-0.3, -0.25) is 19.5 Å². The van der Waals surface area contributed by atoms with E-state index in [9.17, 15) is 9.59 Å². The lowest BCUT2D eigenvalue weighted by molar-refractivity contribution is -0.140. The number of aromatic nitrogens is 3. The molecule has 9 nitrogen and oxygen atoms in total. The molecule has 4 atom stereocenters. The summed E-state index contributed by atoms with van der Waals surface area (Å²) in [5.74, 6) is 1.74. The van der Waals surface area contributed by atoms with Gasteiger partial charge in [-0.2, -0.15) is 5.10 Å². The summed E-state index contributed by atoms with van der Waals surface area (Å²) in [6.07, 6.45) is 11.2. The number of carbonyl (C=O) groups excluding carboxylic acids is 2. The summed E-state index contributed by atoms with van der Waals surface area (Å²) in [5.41, 5.74) is 1.05. The zero-order valence-electron chi connectivity index (χ0n) is 18.4. The number of allylic oxidation sites excluding steroid dienone is 2. The Bertz CT molecular complexity index is 1040. The Hall–Kier alpha value is -2.76. The van der Waals surface area contributed by atoms with Crippen molar-refractivity contribution in [2.75, 3.05) is 20.1 Å². The van der Waals surface area contributed by atoms with Crippen molar-refractivity contribution in [2.24, 2.45) is 28.7 Å². The number of nitrogens with one attached hydrogen (secondary N) is 2. The van der Waals surface area contributed by atoms with E-state index in [1.54, 1.807) is 24.1 Å². The molecule has 4 unspecified atom stereocenters. The molecule has 174 valence electrons. The number of guanidine groups is 1. The number of amides is 2. The predicted molar refractivity (Wildman–Crippen MR) is 134 cm³/mol. The predicted octanol–water partition coefficient (Wildman–Crippen LogP) is 1.75. The Balaban J connectivity index is 0.00000259. The number of nitrogens with zero attached hydrogens (tertiary/aromatic N) is 5. The van der Waals surface area contributed by atoms with Gasteiger partial charge in [-0.15, -0.1) is 24.0 Å². The Morgan fingerprint density at radius 1 is 1.15 bits per heavy atom. The van der Waals surface area contributed by atoms with E-state index in [0.717, 1.165) is 17.8 Å². The first-order chi connectivity index (χ1) is 15.7. The van der Waals surface area contributed by atoms with Gasteiger partial charge in [0.2, 0.25) is 11.8 Å². The van der Waals surface area contributed by atoms with Crippen molar-refractivity contribution in [3.63, 3.8) is 0 Å². The molecule has 2 bridgehead atoms. The maximum atomic E-state index is 12.7. The number of hydrogen-bond donors (Lipinski definition) is 2. The van der Waals surface area contributed by atoms with Crippen LogP contribution in [0, 0.1) is 23.7 Å². The van der Waals surface area contributed by atoms with E-state index in [4.69, 9.17) is 0 Å². The van der Waals surface area contributed by atoms with Crippen LogP contribution in [0.4, 0.5) is 0 Å². The third-order valence-electron chi connectivity index (χ3n) is 6.65. The van der Waals surface area contributed by atoms with Crippen LogP contribution in [0.5, 0.6) is 0 Å². The van der Waals surface area contributed by atoms with Gasteiger partial charge >= 0.3 is 0 Å². The minimum absolute atomic E-state index is 0. The minimum atomic E-state index is -0.119. The summed E-state index contributed by atoms with van der Waals surface area (Å²) in [4.78, 5) is 35.6. The molecule has 0 aromatic carbocycles. The molecule has 2 aromatic heterocycles. The summed E-state index contributed by atoms with van der Waals surface area (Å²) in [5, 5.41) is 10.7. The number of hydrogen-bond acceptors (Lipinski definition) is 5. The van der Waals surface area contributed by atoms with Crippen molar-refractivity contribution in [1.82, 2.24) is 30.3 Å². The summed E-state index contributed by atoms with van der Waals surface area (Å²) < 4.78 is 1.72. The minimum Gasteiger partial charge on any atom is -0.356 e. The smallest absolute Gasteiger partial charge is 0.233 e. The largest absolute Gasteiger partial charge is 0.356 e. The lowest BCUT2D eigenvalue weighted by Crippen LogP contribution is -2.39. The first-order valence-corrected chi connectivity index (χ1v) is 11.1. The van der Waals surface area contributed by atoms with Crippen LogP contribution in [0.15, 0.2) is 53.9 Å². The fraction of sp³-hybridized carbons (Fsp3) is 0.435. The zero-order valence-corrected chi connectivity index (χ0v) is 20.8. The van der Waals surface area contributed by atoms with E-state index >= 15 is 0 Å². The molecule has 1 aliphatic heterocycles. The fourth-order valence-electron chi connectivity index (χ4n) is 5.13. The van der Waals surface area contributed by atoms with E-state index in [2.05, 4.69) is 37.9 Å². The number of imide groups is 1. The number of likely N-dealkylation sites (tertiary alicyclic amines) is 1. The molecule has 33 heavy (non-hydrogen) atoms. The second-order valence-corrected chi connectivity index (χ2v) is 8.51. The van der Waals surface area contributed by atoms with Crippen molar-refractivity contribution in [3.05, 3.63) is 54.5 Å². The maximum Gasteiger partial charge on any atom is 0.233 e. The van der Waals surface area contributed by atoms with Crippen LogP contribution >= 0.6 is 24.0 Å². The number of fused-ring (bicyclic) bond motifs is 5. The second-order valence-electron chi connectivity index (χ2n) is 8.51. The summed E-state index contributed by atoms with van der Waals surface area (Å²) >= 11 is 0. The van der Waals surface area contributed by atoms with Gasteiger partial charge in [0.1, 0.15) is 0 Å². The third kappa shape index (κ3) is 4.53. The third-order valence-corrected chi connectivity index (χ3v) is 6.65. The van der Waals surface area contributed by atoms with Gasteiger partial charge in [0.25, 0.3) is 0 Å². The first-order valence-electron chi connectivity index (χ1n) is 11.1. The summed E-state index contributed by atoms with van der Waals surface area (Å²) in [7, 11) is 1.72. The van der Waals surface area contributed by atoms with Crippen molar-refractivity contribution in [1.29, 1.82) is 0 Å². The first kappa shape index (κ1) is 23.4. The van der Waals surface area contributed by atoms with Gasteiger partial charge < -0.3 is 10.6 Å². The highest BCUT2D eigenvalue weighted by atomic mass is 127. The van der Waals surface area contributed by atoms with E-state index < -0.39 is 0 Å². The maximum absolute atomic E-state index is 12.7. The van der Waals surface area contributed by atoms with Crippen LogP contribution in [0.1, 0.15) is 18.4 Å². The molecule has 2 N–H and O–H groups in total. The number of aliphatic imine (C=N–C) groups is 1. The quantitative estimate of drug-likeness (QED) is 0.133. The van der Waals surface area contributed by atoms with Crippen LogP contribution in [0.25, 0.3) is 5.82 Å². The normalized spacial score (nSPS) is 25.4.